The van der Waals surface area contributed by atoms with Crippen molar-refractivity contribution in [1.82, 2.24) is 5.32 Å². The van der Waals surface area contributed by atoms with Gasteiger partial charge in [0.2, 0.25) is 0 Å². The molecule has 1 aromatic carbocycles. The average Bonchev–Trinajstić information content (AvgIpc) is 3.07. The van der Waals surface area contributed by atoms with Crippen molar-refractivity contribution in [2.24, 2.45) is 11.8 Å². The first kappa shape index (κ1) is 12.6. The Morgan fingerprint density at radius 3 is 2.71 bits per heavy atom. The smallest absolute Gasteiger partial charge is 0.0717 e. The van der Waals surface area contributed by atoms with E-state index >= 15 is 0 Å². The highest BCUT2D eigenvalue weighted by molar-refractivity contribution is 5.13. The quantitative estimate of drug-likeness (QED) is 0.731. The van der Waals surface area contributed by atoms with E-state index in [1.165, 1.54) is 12.0 Å². The molecule has 0 radical (unpaired) electrons. The van der Waals surface area contributed by atoms with Crippen LogP contribution in [-0.2, 0) is 11.3 Å². The lowest BCUT2D eigenvalue weighted by Gasteiger charge is -2.13. The van der Waals surface area contributed by atoms with Gasteiger partial charge in [0.1, 0.15) is 0 Å². The van der Waals surface area contributed by atoms with Gasteiger partial charge >= 0.3 is 0 Å². The molecule has 1 aromatic rings. The van der Waals surface area contributed by atoms with E-state index in [0.717, 1.165) is 31.6 Å². The molecule has 1 aliphatic rings. The molecule has 94 valence electrons. The van der Waals surface area contributed by atoms with Crippen LogP contribution in [0.1, 0.15) is 25.8 Å². The summed E-state index contributed by atoms with van der Waals surface area (Å²) >= 11 is 0. The van der Waals surface area contributed by atoms with Gasteiger partial charge in [-0.3, -0.25) is 0 Å². The van der Waals surface area contributed by atoms with Crippen LogP contribution >= 0.6 is 0 Å². The normalized spacial score (nSPS) is 24.6. The first-order valence-corrected chi connectivity index (χ1v) is 6.62. The zero-order chi connectivity index (χ0) is 12.1. The van der Waals surface area contributed by atoms with Crippen molar-refractivity contribution in [2.75, 3.05) is 13.2 Å². The van der Waals surface area contributed by atoms with Gasteiger partial charge in [0.05, 0.1) is 13.2 Å². The van der Waals surface area contributed by atoms with Gasteiger partial charge in [-0.1, -0.05) is 37.3 Å². The van der Waals surface area contributed by atoms with E-state index in [2.05, 4.69) is 31.3 Å². The molecule has 0 amide bonds. The van der Waals surface area contributed by atoms with Crippen molar-refractivity contribution in [3.8, 4) is 0 Å². The summed E-state index contributed by atoms with van der Waals surface area (Å²) in [5, 5.41) is 3.54. The van der Waals surface area contributed by atoms with E-state index in [1.807, 2.05) is 18.2 Å². The third kappa shape index (κ3) is 4.14. The Bertz CT molecular complexity index is 325. The molecule has 1 N–H and O–H groups in total. The van der Waals surface area contributed by atoms with Crippen LogP contribution in [0, 0.1) is 11.8 Å². The van der Waals surface area contributed by atoms with Crippen LogP contribution in [0.15, 0.2) is 30.3 Å². The SMILES string of the molecule is CC1CC1C(C)NCCOCc1ccccc1. The molecular formula is C15H23NO. The summed E-state index contributed by atoms with van der Waals surface area (Å²) in [4.78, 5) is 0. The predicted molar refractivity (Wildman–Crippen MR) is 70.8 cm³/mol. The van der Waals surface area contributed by atoms with E-state index < -0.39 is 0 Å². The largest absolute Gasteiger partial charge is 0.375 e. The Kier molecular flexibility index (Phi) is 4.57. The van der Waals surface area contributed by atoms with Crippen LogP contribution in [0.2, 0.25) is 0 Å². The molecule has 0 spiro atoms. The summed E-state index contributed by atoms with van der Waals surface area (Å²) in [5.74, 6) is 1.81. The molecule has 0 bridgehead atoms. The van der Waals surface area contributed by atoms with E-state index in [4.69, 9.17) is 4.74 Å². The van der Waals surface area contributed by atoms with Crippen LogP contribution in [0.3, 0.4) is 0 Å². The monoisotopic (exact) mass is 233 g/mol. The highest BCUT2D eigenvalue weighted by atomic mass is 16.5. The second kappa shape index (κ2) is 6.18. The molecule has 2 nitrogen and oxygen atoms in total. The maximum atomic E-state index is 5.63. The van der Waals surface area contributed by atoms with Gasteiger partial charge in [0, 0.05) is 12.6 Å². The van der Waals surface area contributed by atoms with Gasteiger partial charge in [-0.05, 0) is 30.7 Å². The Morgan fingerprint density at radius 2 is 2.06 bits per heavy atom. The Morgan fingerprint density at radius 1 is 1.35 bits per heavy atom. The van der Waals surface area contributed by atoms with Gasteiger partial charge in [0.15, 0.2) is 0 Å². The number of benzene rings is 1. The predicted octanol–water partition coefficient (Wildman–Crippen LogP) is 2.84. The van der Waals surface area contributed by atoms with E-state index in [1.54, 1.807) is 0 Å². The molecule has 0 saturated heterocycles. The highest BCUT2D eigenvalue weighted by Crippen LogP contribution is 2.40. The second-order valence-electron chi connectivity index (χ2n) is 5.16. The Balaban J connectivity index is 1.52. The number of hydrogen-bond donors (Lipinski definition) is 1. The second-order valence-corrected chi connectivity index (χ2v) is 5.16. The fraction of sp³-hybridized carbons (Fsp3) is 0.600. The molecule has 3 atom stereocenters. The van der Waals surface area contributed by atoms with Gasteiger partial charge in [-0.15, -0.1) is 0 Å². The van der Waals surface area contributed by atoms with Gasteiger partial charge in [-0.2, -0.15) is 0 Å². The molecular weight excluding hydrogens is 210 g/mol. The van der Waals surface area contributed by atoms with Crippen LogP contribution in [0.25, 0.3) is 0 Å². The number of rotatable bonds is 7. The number of ether oxygens (including phenoxy) is 1. The Hall–Kier alpha value is -0.860. The summed E-state index contributed by atoms with van der Waals surface area (Å²) in [7, 11) is 0. The summed E-state index contributed by atoms with van der Waals surface area (Å²) < 4.78 is 5.63. The maximum Gasteiger partial charge on any atom is 0.0717 e. The minimum atomic E-state index is 0.644. The zero-order valence-corrected chi connectivity index (χ0v) is 10.9. The van der Waals surface area contributed by atoms with Gasteiger partial charge in [-0.25, -0.2) is 0 Å². The van der Waals surface area contributed by atoms with Gasteiger partial charge < -0.3 is 10.1 Å². The first-order valence-electron chi connectivity index (χ1n) is 6.62. The third-order valence-corrected chi connectivity index (χ3v) is 3.64. The van der Waals surface area contributed by atoms with E-state index in [-0.39, 0.29) is 0 Å². The Labute approximate surface area is 104 Å². The van der Waals surface area contributed by atoms with Gasteiger partial charge in [0.25, 0.3) is 0 Å². The summed E-state index contributed by atoms with van der Waals surface area (Å²) in [6.07, 6.45) is 1.39. The topological polar surface area (TPSA) is 21.3 Å². The lowest BCUT2D eigenvalue weighted by Crippen LogP contribution is -2.31. The van der Waals surface area contributed by atoms with Crippen molar-refractivity contribution >= 4 is 0 Å². The lowest BCUT2D eigenvalue weighted by atomic mass is 10.2. The molecule has 0 aromatic heterocycles. The number of hydrogen-bond acceptors (Lipinski definition) is 2. The third-order valence-electron chi connectivity index (χ3n) is 3.64. The molecule has 0 aliphatic heterocycles. The summed E-state index contributed by atoms with van der Waals surface area (Å²) in [5.41, 5.74) is 1.25. The maximum absolute atomic E-state index is 5.63. The first-order chi connectivity index (χ1) is 8.27. The summed E-state index contributed by atoms with van der Waals surface area (Å²) in [6, 6.07) is 11.0. The van der Waals surface area contributed by atoms with Crippen molar-refractivity contribution in [1.29, 1.82) is 0 Å². The number of nitrogens with one attached hydrogen (secondary N) is 1. The molecule has 1 saturated carbocycles. The minimum absolute atomic E-state index is 0.644. The van der Waals surface area contributed by atoms with Crippen molar-refractivity contribution in [2.45, 2.75) is 32.9 Å². The minimum Gasteiger partial charge on any atom is -0.375 e. The molecule has 1 fully saturated rings. The molecule has 2 heteroatoms. The van der Waals surface area contributed by atoms with Crippen molar-refractivity contribution < 1.29 is 4.74 Å². The molecule has 3 unspecified atom stereocenters. The average molecular weight is 233 g/mol. The zero-order valence-electron chi connectivity index (χ0n) is 10.9. The fourth-order valence-corrected chi connectivity index (χ4v) is 2.32. The van der Waals surface area contributed by atoms with E-state index in [0.29, 0.717) is 6.04 Å². The summed E-state index contributed by atoms with van der Waals surface area (Å²) in [6.45, 7) is 7.08. The molecule has 2 rings (SSSR count). The lowest BCUT2D eigenvalue weighted by molar-refractivity contribution is 0.120. The molecule has 0 heterocycles. The molecule has 1 aliphatic carbocycles. The van der Waals surface area contributed by atoms with Crippen molar-refractivity contribution in [3.63, 3.8) is 0 Å². The van der Waals surface area contributed by atoms with Crippen LogP contribution in [0.5, 0.6) is 0 Å². The van der Waals surface area contributed by atoms with Crippen LogP contribution in [0.4, 0.5) is 0 Å². The highest BCUT2D eigenvalue weighted by Gasteiger charge is 2.36. The van der Waals surface area contributed by atoms with Crippen molar-refractivity contribution in [3.05, 3.63) is 35.9 Å². The molecule has 17 heavy (non-hydrogen) atoms. The van der Waals surface area contributed by atoms with Crippen LogP contribution in [-0.4, -0.2) is 19.2 Å². The van der Waals surface area contributed by atoms with E-state index in [9.17, 15) is 0 Å². The van der Waals surface area contributed by atoms with Crippen LogP contribution < -0.4 is 5.32 Å². The standard InChI is InChI=1S/C15H23NO/c1-12-10-15(12)13(2)16-8-9-17-11-14-6-4-3-5-7-14/h3-7,12-13,15-16H,8-11H2,1-2H3. The fourth-order valence-electron chi connectivity index (χ4n) is 2.32.